The first kappa shape index (κ1) is 21.1. The minimum atomic E-state index is 0. The molecular weight excluding hydrogens is 457 g/mol. The number of halogens is 1. The summed E-state index contributed by atoms with van der Waals surface area (Å²) >= 11 is 1.72. The Morgan fingerprint density at radius 3 is 2.81 bits per heavy atom. The number of aromatic nitrogens is 1. The maximum atomic E-state index is 4.38. The van der Waals surface area contributed by atoms with E-state index in [4.69, 9.17) is 0 Å². The lowest BCUT2D eigenvalue weighted by Gasteiger charge is -2.25. The van der Waals surface area contributed by atoms with Crippen LogP contribution in [0.1, 0.15) is 28.3 Å². The number of benzene rings is 1. The Balaban J connectivity index is 0.00000243. The highest BCUT2D eigenvalue weighted by molar-refractivity contribution is 14.0. The number of likely N-dealkylation sites (tertiary alicyclic amines) is 1. The molecule has 1 aromatic heterocycles. The van der Waals surface area contributed by atoms with Gasteiger partial charge >= 0.3 is 0 Å². The first-order valence-electron chi connectivity index (χ1n) is 8.88. The van der Waals surface area contributed by atoms with Crippen molar-refractivity contribution in [1.82, 2.24) is 20.5 Å². The average Bonchev–Trinajstić information content (AvgIpc) is 3.25. The average molecular weight is 485 g/mol. The molecule has 0 radical (unpaired) electrons. The summed E-state index contributed by atoms with van der Waals surface area (Å²) in [5.74, 6) is 0.847. The van der Waals surface area contributed by atoms with Crippen LogP contribution in [0.15, 0.2) is 41.5 Å². The van der Waals surface area contributed by atoms with Crippen LogP contribution < -0.4 is 10.6 Å². The fourth-order valence-electron chi connectivity index (χ4n) is 3.23. The second-order valence-corrected chi connectivity index (χ2v) is 7.74. The van der Waals surface area contributed by atoms with Crippen molar-refractivity contribution in [3.05, 3.63) is 52.0 Å². The van der Waals surface area contributed by atoms with E-state index >= 15 is 0 Å². The van der Waals surface area contributed by atoms with E-state index in [2.05, 4.69) is 62.8 Å². The van der Waals surface area contributed by atoms with Crippen LogP contribution in [0.5, 0.6) is 0 Å². The summed E-state index contributed by atoms with van der Waals surface area (Å²) in [7, 11) is 1.82. The van der Waals surface area contributed by atoms with Crippen LogP contribution in [0, 0.1) is 6.92 Å². The zero-order valence-electron chi connectivity index (χ0n) is 15.4. The first-order valence-corrected chi connectivity index (χ1v) is 9.70. The first-order chi connectivity index (χ1) is 12.2. The van der Waals surface area contributed by atoms with Crippen molar-refractivity contribution >= 4 is 41.3 Å². The van der Waals surface area contributed by atoms with Gasteiger partial charge in [0, 0.05) is 37.3 Å². The largest absolute Gasteiger partial charge is 0.355 e. The number of rotatable bonds is 6. The lowest BCUT2D eigenvalue weighted by molar-refractivity contribution is 0.245. The fraction of sp³-hybridized carbons (Fsp3) is 0.474. The summed E-state index contributed by atoms with van der Waals surface area (Å²) in [6, 6.07) is 11.3. The van der Waals surface area contributed by atoms with Crippen molar-refractivity contribution in [2.24, 2.45) is 4.99 Å². The number of aryl methyl sites for hydroxylation is 1. The molecule has 3 rings (SSSR count). The predicted molar refractivity (Wildman–Crippen MR) is 120 cm³/mol. The second-order valence-electron chi connectivity index (χ2n) is 6.42. The molecule has 0 spiro atoms. The molecule has 2 N–H and O–H groups in total. The molecule has 7 heteroatoms. The van der Waals surface area contributed by atoms with Gasteiger partial charge in [0.05, 0.1) is 6.54 Å². The van der Waals surface area contributed by atoms with Crippen LogP contribution in [-0.4, -0.2) is 42.0 Å². The van der Waals surface area contributed by atoms with Crippen LogP contribution in [-0.2, 0) is 13.1 Å². The molecule has 2 aromatic rings. The molecule has 1 atom stereocenters. The summed E-state index contributed by atoms with van der Waals surface area (Å²) in [5.41, 5.74) is 1.39. The summed E-state index contributed by atoms with van der Waals surface area (Å²) in [6.07, 6.45) is 4.42. The quantitative estimate of drug-likeness (QED) is 0.374. The van der Waals surface area contributed by atoms with Crippen molar-refractivity contribution in [3.63, 3.8) is 0 Å². The Kier molecular flexibility index (Phi) is 8.80. The molecule has 1 saturated heterocycles. The van der Waals surface area contributed by atoms with Gasteiger partial charge in [-0.25, -0.2) is 4.98 Å². The maximum absolute atomic E-state index is 4.38. The summed E-state index contributed by atoms with van der Waals surface area (Å²) in [6.45, 7) is 5.92. The minimum Gasteiger partial charge on any atom is -0.355 e. The van der Waals surface area contributed by atoms with E-state index in [1.807, 2.05) is 13.2 Å². The van der Waals surface area contributed by atoms with Gasteiger partial charge in [-0.05, 0) is 31.9 Å². The van der Waals surface area contributed by atoms with Crippen LogP contribution in [0.25, 0.3) is 0 Å². The number of aliphatic imine (C=N–C) groups is 1. The Morgan fingerprint density at radius 1 is 1.31 bits per heavy atom. The molecule has 2 heterocycles. The lowest BCUT2D eigenvalue weighted by atomic mass is 10.2. The van der Waals surface area contributed by atoms with E-state index in [9.17, 15) is 0 Å². The van der Waals surface area contributed by atoms with E-state index in [0.29, 0.717) is 6.04 Å². The van der Waals surface area contributed by atoms with Gasteiger partial charge in [-0.1, -0.05) is 30.3 Å². The molecule has 1 fully saturated rings. The van der Waals surface area contributed by atoms with E-state index in [-0.39, 0.29) is 24.0 Å². The standard InChI is InChI=1S/C19H27N5S.HI/c1-15-11-21-18(25-15)13-23-19(20-2)22-12-17-9-6-10-24(17)14-16-7-4-3-5-8-16;/h3-5,7-8,11,17H,6,9-10,12-14H2,1-2H3,(H2,20,22,23);1H. The van der Waals surface area contributed by atoms with Gasteiger partial charge in [0.1, 0.15) is 5.01 Å². The molecule has 1 unspecified atom stereocenters. The summed E-state index contributed by atoms with van der Waals surface area (Å²) < 4.78 is 0. The van der Waals surface area contributed by atoms with Crippen LogP contribution in [0.4, 0.5) is 0 Å². The van der Waals surface area contributed by atoms with Crippen molar-refractivity contribution < 1.29 is 0 Å². The number of nitrogens with zero attached hydrogens (tertiary/aromatic N) is 3. The van der Waals surface area contributed by atoms with E-state index < -0.39 is 0 Å². The maximum Gasteiger partial charge on any atom is 0.191 e. The number of guanidine groups is 1. The Hall–Kier alpha value is -1.19. The molecule has 1 aliphatic heterocycles. The highest BCUT2D eigenvalue weighted by atomic mass is 127. The topological polar surface area (TPSA) is 52.6 Å². The number of thiazole rings is 1. The summed E-state index contributed by atoms with van der Waals surface area (Å²) in [5, 5.41) is 7.92. The van der Waals surface area contributed by atoms with Crippen LogP contribution >= 0.6 is 35.3 Å². The lowest BCUT2D eigenvalue weighted by Crippen LogP contribution is -2.44. The Morgan fingerprint density at radius 2 is 2.12 bits per heavy atom. The zero-order chi connectivity index (χ0) is 17.5. The Bertz CT molecular complexity index is 688. The van der Waals surface area contributed by atoms with Gasteiger partial charge < -0.3 is 10.6 Å². The monoisotopic (exact) mass is 485 g/mol. The molecule has 5 nitrogen and oxygen atoms in total. The van der Waals surface area contributed by atoms with Crippen molar-refractivity contribution in [1.29, 1.82) is 0 Å². The third kappa shape index (κ3) is 6.21. The normalized spacial score (nSPS) is 17.8. The van der Waals surface area contributed by atoms with Gasteiger partial charge in [-0.2, -0.15) is 0 Å². The summed E-state index contributed by atoms with van der Waals surface area (Å²) in [4.78, 5) is 12.5. The molecule has 26 heavy (non-hydrogen) atoms. The second kappa shape index (κ2) is 10.8. The number of hydrogen-bond acceptors (Lipinski definition) is 4. The SMILES string of the molecule is CN=C(NCc1ncc(C)s1)NCC1CCCN1Cc1ccccc1.I. The predicted octanol–water partition coefficient (Wildman–Crippen LogP) is 3.40. The molecule has 0 saturated carbocycles. The molecule has 142 valence electrons. The molecule has 1 aromatic carbocycles. The van der Waals surface area contributed by atoms with Crippen molar-refractivity contribution in [3.8, 4) is 0 Å². The van der Waals surface area contributed by atoms with E-state index in [1.165, 1.54) is 29.8 Å². The van der Waals surface area contributed by atoms with Crippen LogP contribution in [0.3, 0.4) is 0 Å². The smallest absolute Gasteiger partial charge is 0.191 e. The highest BCUT2D eigenvalue weighted by Crippen LogP contribution is 2.19. The van der Waals surface area contributed by atoms with Gasteiger partial charge in [-0.15, -0.1) is 35.3 Å². The molecule has 0 bridgehead atoms. The third-order valence-electron chi connectivity index (χ3n) is 4.53. The molecule has 0 aliphatic carbocycles. The highest BCUT2D eigenvalue weighted by Gasteiger charge is 2.24. The molecular formula is C19H28IN5S. The number of nitrogens with one attached hydrogen (secondary N) is 2. The number of hydrogen-bond donors (Lipinski definition) is 2. The fourth-order valence-corrected chi connectivity index (χ4v) is 3.96. The van der Waals surface area contributed by atoms with Gasteiger partial charge in [0.15, 0.2) is 5.96 Å². The van der Waals surface area contributed by atoms with E-state index in [0.717, 1.165) is 30.6 Å². The van der Waals surface area contributed by atoms with Gasteiger partial charge in [0.25, 0.3) is 0 Å². The zero-order valence-corrected chi connectivity index (χ0v) is 18.6. The van der Waals surface area contributed by atoms with E-state index in [1.54, 1.807) is 11.3 Å². The van der Waals surface area contributed by atoms with Crippen LogP contribution in [0.2, 0.25) is 0 Å². The van der Waals surface area contributed by atoms with Gasteiger partial charge in [-0.3, -0.25) is 9.89 Å². The third-order valence-corrected chi connectivity index (χ3v) is 5.45. The van der Waals surface area contributed by atoms with Crippen molar-refractivity contribution in [2.45, 2.75) is 38.9 Å². The minimum absolute atomic E-state index is 0. The molecule has 0 amide bonds. The van der Waals surface area contributed by atoms with Gasteiger partial charge in [0.2, 0.25) is 0 Å². The molecule has 1 aliphatic rings. The van der Waals surface area contributed by atoms with Crippen molar-refractivity contribution in [2.75, 3.05) is 20.1 Å². The Labute approximate surface area is 177 Å².